The second-order valence-electron chi connectivity index (χ2n) is 3.91. The molecule has 1 N–H and O–H groups in total. The van der Waals surface area contributed by atoms with Gasteiger partial charge < -0.3 is 9.84 Å². The molecule has 7 heteroatoms. The van der Waals surface area contributed by atoms with Crippen molar-refractivity contribution in [3.05, 3.63) is 34.9 Å². The topological polar surface area (TPSA) is 80.7 Å². The molecule has 110 valence electrons. The number of rotatable bonds is 7. The monoisotopic (exact) mass is 318 g/mol. The zero-order valence-corrected chi connectivity index (χ0v) is 12.4. The van der Waals surface area contributed by atoms with Crippen LogP contribution in [0.25, 0.3) is 6.08 Å². The Morgan fingerprint density at radius 1 is 1.45 bits per heavy atom. The van der Waals surface area contributed by atoms with E-state index in [1.54, 1.807) is 25.1 Å². The zero-order valence-electron chi connectivity index (χ0n) is 10.9. The first-order valence-corrected chi connectivity index (χ1v) is 8.08. The lowest BCUT2D eigenvalue weighted by atomic mass is 10.2. The summed E-state index contributed by atoms with van der Waals surface area (Å²) in [6.07, 6.45) is 2.26. The van der Waals surface area contributed by atoms with Crippen molar-refractivity contribution in [1.82, 2.24) is 0 Å². The Bertz CT molecular complexity index is 607. The van der Waals surface area contributed by atoms with E-state index in [2.05, 4.69) is 0 Å². The van der Waals surface area contributed by atoms with E-state index in [1.165, 1.54) is 6.08 Å². The minimum atomic E-state index is -3.11. The predicted octanol–water partition coefficient (Wildman–Crippen LogP) is 2.25. The SMILES string of the molecule is CCS(=O)(=O)CCOc1cccc(Cl)c1/C=C/C(=O)O. The standard InChI is InChI=1S/C13H15ClO5S/c1-2-20(17,18)9-8-19-12-5-3-4-11(14)10(12)6-7-13(15)16/h3-7H,2,8-9H2,1H3,(H,15,16)/b7-6+. The van der Waals surface area contributed by atoms with E-state index >= 15 is 0 Å². The molecule has 0 aliphatic rings. The summed E-state index contributed by atoms with van der Waals surface area (Å²) in [5.74, 6) is -0.804. The molecule has 0 spiro atoms. The van der Waals surface area contributed by atoms with Gasteiger partial charge in [0, 0.05) is 17.4 Å². The summed E-state index contributed by atoms with van der Waals surface area (Å²) in [4.78, 5) is 10.5. The van der Waals surface area contributed by atoms with Crippen LogP contribution in [0.3, 0.4) is 0 Å². The van der Waals surface area contributed by atoms with Crippen molar-refractivity contribution in [1.29, 1.82) is 0 Å². The minimum absolute atomic E-state index is 0.00950. The lowest BCUT2D eigenvalue weighted by molar-refractivity contribution is -0.131. The first kappa shape index (κ1) is 16.5. The third-order valence-electron chi connectivity index (χ3n) is 2.50. The quantitative estimate of drug-likeness (QED) is 0.780. The van der Waals surface area contributed by atoms with Gasteiger partial charge in [0.2, 0.25) is 0 Å². The Balaban J connectivity index is 2.85. The molecule has 0 radical (unpaired) electrons. The first-order valence-electron chi connectivity index (χ1n) is 5.88. The molecule has 1 aromatic rings. The van der Waals surface area contributed by atoms with Gasteiger partial charge in [-0.2, -0.15) is 0 Å². The zero-order chi connectivity index (χ0) is 15.2. The van der Waals surface area contributed by atoms with Gasteiger partial charge in [-0.25, -0.2) is 13.2 Å². The molecule has 0 atom stereocenters. The molecule has 1 aromatic carbocycles. The smallest absolute Gasteiger partial charge is 0.328 e. The number of aliphatic carboxylic acids is 1. The number of halogens is 1. The number of sulfone groups is 1. The fraction of sp³-hybridized carbons (Fsp3) is 0.308. The van der Waals surface area contributed by atoms with Gasteiger partial charge in [-0.05, 0) is 18.2 Å². The number of carbonyl (C=O) groups is 1. The van der Waals surface area contributed by atoms with Gasteiger partial charge >= 0.3 is 5.97 Å². The Hall–Kier alpha value is -1.53. The second kappa shape index (κ2) is 7.31. The number of ether oxygens (including phenoxy) is 1. The summed E-state index contributed by atoms with van der Waals surface area (Å²) in [6, 6.07) is 4.84. The number of hydrogen-bond donors (Lipinski definition) is 1. The highest BCUT2D eigenvalue weighted by molar-refractivity contribution is 7.91. The van der Waals surface area contributed by atoms with E-state index < -0.39 is 15.8 Å². The van der Waals surface area contributed by atoms with Crippen LogP contribution in [0, 0.1) is 0 Å². The molecule has 5 nitrogen and oxygen atoms in total. The van der Waals surface area contributed by atoms with Crippen LogP contribution >= 0.6 is 11.6 Å². The molecule has 0 aliphatic carbocycles. The summed E-state index contributed by atoms with van der Waals surface area (Å²) in [5.41, 5.74) is 0.408. The van der Waals surface area contributed by atoms with Crippen LogP contribution in [0.1, 0.15) is 12.5 Å². The van der Waals surface area contributed by atoms with E-state index in [1.807, 2.05) is 0 Å². The fourth-order valence-electron chi connectivity index (χ4n) is 1.38. The average Bonchev–Trinajstić information content (AvgIpc) is 2.37. The Labute approximate surface area is 122 Å². The van der Waals surface area contributed by atoms with Crippen molar-refractivity contribution >= 4 is 33.5 Å². The van der Waals surface area contributed by atoms with Crippen molar-refractivity contribution in [2.45, 2.75) is 6.92 Å². The van der Waals surface area contributed by atoms with Gasteiger partial charge in [0.25, 0.3) is 0 Å². The van der Waals surface area contributed by atoms with E-state index in [-0.39, 0.29) is 18.1 Å². The van der Waals surface area contributed by atoms with Crippen molar-refractivity contribution < 1.29 is 23.1 Å². The number of carboxylic acids is 1. The molecular formula is C13H15ClO5S. The molecule has 0 bridgehead atoms. The summed E-state index contributed by atoms with van der Waals surface area (Å²) < 4.78 is 28.1. The van der Waals surface area contributed by atoms with Crippen LogP contribution in [0.5, 0.6) is 5.75 Å². The molecule has 0 fully saturated rings. The molecule has 20 heavy (non-hydrogen) atoms. The van der Waals surface area contributed by atoms with Crippen molar-refractivity contribution in [3.63, 3.8) is 0 Å². The number of carboxylic acid groups (broad SMARTS) is 1. The van der Waals surface area contributed by atoms with Crippen molar-refractivity contribution in [2.75, 3.05) is 18.1 Å². The lowest BCUT2D eigenvalue weighted by Crippen LogP contribution is -2.15. The van der Waals surface area contributed by atoms with Crippen molar-refractivity contribution in [2.24, 2.45) is 0 Å². The number of benzene rings is 1. The van der Waals surface area contributed by atoms with Crippen LogP contribution in [-0.4, -0.2) is 37.6 Å². The summed E-state index contributed by atoms with van der Waals surface area (Å²) in [5, 5.41) is 8.95. The maximum absolute atomic E-state index is 11.4. The highest BCUT2D eigenvalue weighted by Gasteiger charge is 2.10. The summed E-state index contributed by atoms with van der Waals surface area (Å²) in [6.45, 7) is 1.56. The second-order valence-corrected chi connectivity index (χ2v) is 6.79. The lowest BCUT2D eigenvalue weighted by Gasteiger charge is -2.10. The van der Waals surface area contributed by atoms with Gasteiger partial charge in [-0.1, -0.05) is 24.6 Å². The predicted molar refractivity (Wildman–Crippen MR) is 77.9 cm³/mol. The molecular weight excluding hydrogens is 304 g/mol. The maximum Gasteiger partial charge on any atom is 0.328 e. The van der Waals surface area contributed by atoms with Gasteiger partial charge in [0.05, 0.1) is 10.8 Å². The van der Waals surface area contributed by atoms with Crippen LogP contribution in [0.2, 0.25) is 5.02 Å². The number of hydrogen-bond acceptors (Lipinski definition) is 4. The fourth-order valence-corrected chi connectivity index (χ4v) is 2.24. The molecule has 0 saturated carbocycles. The average molecular weight is 319 g/mol. The maximum atomic E-state index is 11.4. The summed E-state index contributed by atoms with van der Waals surface area (Å²) in [7, 11) is -3.11. The van der Waals surface area contributed by atoms with E-state index in [0.717, 1.165) is 6.08 Å². The van der Waals surface area contributed by atoms with Crippen molar-refractivity contribution in [3.8, 4) is 5.75 Å². The van der Waals surface area contributed by atoms with Crippen LogP contribution in [0.15, 0.2) is 24.3 Å². The molecule has 0 aromatic heterocycles. The molecule has 0 aliphatic heterocycles. The third-order valence-corrected chi connectivity index (χ3v) is 4.50. The van der Waals surface area contributed by atoms with Gasteiger partial charge in [0.15, 0.2) is 9.84 Å². The Morgan fingerprint density at radius 3 is 2.75 bits per heavy atom. The van der Waals surface area contributed by atoms with Gasteiger partial charge in [-0.3, -0.25) is 0 Å². The molecule has 0 saturated heterocycles. The van der Waals surface area contributed by atoms with Crippen LogP contribution in [0.4, 0.5) is 0 Å². The first-order chi connectivity index (χ1) is 9.35. The molecule has 1 rings (SSSR count). The Kier molecular flexibility index (Phi) is 6.04. The van der Waals surface area contributed by atoms with Crippen LogP contribution in [-0.2, 0) is 14.6 Å². The molecule has 0 heterocycles. The van der Waals surface area contributed by atoms with E-state index in [4.69, 9.17) is 21.4 Å². The minimum Gasteiger partial charge on any atom is -0.492 e. The third kappa shape index (κ3) is 5.22. The van der Waals surface area contributed by atoms with E-state index in [9.17, 15) is 13.2 Å². The normalized spacial score (nSPS) is 11.7. The van der Waals surface area contributed by atoms with Gasteiger partial charge in [0.1, 0.15) is 12.4 Å². The summed E-state index contributed by atoms with van der Waals surface area (Å²) >= 11 is 5.97. The van der Waals surface area contributed by atoms with E-state index in [0.29, 0.717) is 16.3 Å². The Morgan fingerprint density at radius 2 is 2.15 bits per heavy atom. The largest absolute Gasteiger partial charge is 0.492 e. The molecule has 0 amide bonds. The molecule has 0 unspecified atom stereocenters. The highest BCUT2D eigenvalue weighted by atomic mass is 35.5. The van der Waals surface area contributed by atoms with Crippen LogP contribution < -0.4 is 4.74 Å². The highest BCUT2D eigenvalue weighted by Crippen LogP contribution is 2.27. The van der Waals surface area contributed by atoms with Gasteiger partial charge in [-0.15, -0.1) is 0 Å².